The Kier molecular flexibility index (Phi) is 5.84. The van der Waals surface area contributed by atoms with Crippen molar-refractivity contribution in [3.05, 3.63) is 71.3 Å². The molecular weight excluding hydrogens is 390 g/mol. The van der Waals surface area contributed by atoms with Gasteiger partial charge in [0.25, 0.3) is 5.91 Å². The molecule has 1 aromatic carbocycles. The molecule has 7 heteroatoms. The lowest BCUT2D eigenvalue weighted by atomic mass is 10.0. The second-order valence-corrected chi connectivity index (χ2v) is 8.05. The number of benzene rings is 1. The van der Waals surface area contributed by atoms with Crippen molar-refractivity contribution in [1.82, 2.24) is 19.7 Å². The van der Waals surface area contributed by atoms with Gasteiger partial charge in [-0.3, -0.25) is 9.59 Å². The van der Waals surface area contributed by atoms with Gasteiger partial charge in [-0.05, 0) is 82.5 Å². The van der Waals surface area contributed by atoms with Crippen molar-refractivity contribution in [3.63, 3.8) is 0 Å². The number of aromatic nitrogens is 3. The zero-order valence-electron chi connectivity index (χ0n) is 18.1. The zero-order chi connectivity index (χ0) is 22.0. The Morgan fingerprint density at radius 2 is 1.77 bits per heavy atom. The van der Waals surface area contributed by atoms with Crippen LogP contribution in [0.2, 0.25) is 0 Å². The van der Waals surface area contributed by atoms with E-state index >= 15 is 0 Å². The first-order chi connectivity index (χ1) is 14.9. The minimum absolute atomic E-state index is 0.167. The molecule has 0 aliphatic carbocycles. The van der Waals surface area contributed by atoms with Gasteiger partial charge in [-0.1, -0.05) is 6.07 Å². The number of aryl methyl sites for hydroxylation is 3. The molecule has 31 heavy (non-hydrogen) atoms. The summed E-state index contributed by atoms with van der Waals surface area (Å²) in [6, 6.07) is 14.5. The summed E-state index contributed by atoms with van der Waals surface area (Å²) in [5.74, 6) is -0.358. The van der Waals surface area contributed by atoms with Gasteiger partial charge in [-0.15, -0.1) is 0 Å². The normalized spacial score (nSPS) is 16.2. The van der Waals surface area contributed by atoms with E-state index in [-0.39, 0.29) is 11.8 Å². The van der Waals surface area contributed by atoms with Crippen LogP contribution in [0.5, 0.6) is 0 Å². The predicted octanol–water partition coefficient (Wildman–Crippen LogP) is 3.83. The van der Waals surface area contributed by atoms with Crippen molar-refractivity contribution in [2.45, 2.75) is 46.1 Å². The quantitative estimate of drug-likeness (QED) is 0.700. The Morgan fingerprint density at radius 1 is 1.00 bits per heavy atom. The summed E-state index contributed by atoms with van der Waals surface area (Å²) in [7, 11) is 0. The van der Waals surface area contributed by atoms with Gasteiger partial charge in [0.2, 0.25) is 5.91 Å². The number of anilines is 1. The average Bonchev–Trinajstić information content (AvgIpc) is 3.11. The third kappa shape index (κ3) is 4.50. The van der Waals surface area contributed by atoms with Gasteiger partial charge >= 0.3 is 0 Å². The Hall–Kier alpha value is -3.48. The van der Waals surface area contributed by atoms with Gasteiger partial charge in [-0.2, -0.15) is 5.10 Å². The number of nitrogens with one attached hydrogen (secondary N) is 1. The first kappa shape index (κ1) is 20.8. The number of carbonyl (C=O) groups excluding carboxylic acids is 2. The number of amides is 2. The van der Waals surface area contributed by atoms with Crippen LogP contribution >= 0.6 is 0 Å². The van der Waals surface area contributed by atoms with Crippen molar-refractivity contribution >= 4 is 17.5 Å². The predicted molar refractivity (Wildman–Crippen MR) is 119 cm³/mol. The molecule has 0 spiro atoms. The lowest BCUT2D eigenvalue weighted by Gasteiger charge is -2.34. The highest BCUT2D eigenvalue weighted by Gasteiger charge is 2.33. The third-order valence-corrected chi connectivity index (χ3v) is 5.56. The molecule has 7 nitrogen and oxygen atoms in total. The van der Waals surface area contributed by atoms with Crippen LogP contribution in [0.3, 0.4) is 0 Å². The largest absolute Gasteiger partial charge is 0.325 e. The Balaban J connectivity index is 1.48. The maximum absolute atomic E-state index is 13.1. The second kappa shape index (κ2) is 8.71. The molecule has 1 saturated heterocycles. The van der Waals surface area contributed by atoms with Crippen LogP contribution < -0.4 is 5.32 Å². The van der Waals surface area contributed by atoms with Crippen LogP contribution in [0, 0.1) is 20.8 Å². The van der Waals surface area contributed by atoms with E-state index in [4.69, 9.17) is 0 Å². The number of hydrogen-bond acceptors (Lipinski definition) is 4. The van der Waals surface area contributed by atoms with Crippen molar-refractivity contribution < 1.29 is 9.59 Å². The van der Waals surface area contributed by atoms with Gasteiger partial charge in [0.15, 0.2) is 0 Å². The SMILES string of the molecule is Cc1cccc(C(=O)N2CCCC[C@@H]2C(=O)Nc2ccc(-n3nc(C)cc3C)cc2)n1. The topological polar surface area (TPSA) is 80.1 Å². The molecule has 2 aromatic heterocycles. The fourth-order valence-corrected chi connectivity index (χ4v) is 4.06. The van der Waals surface area contributed by atoms with Crippen LogP contribution in [-0.4, -0.2) is 44.1 Å². The van der Waals surface area contributed by atoms with Gasteiger partial charge in [0.1, 0.15) is 11.7 Å². The standard InChI is InChI=1S/C24H27N5O2/c1-16-7-6-8-21(25-16)24(31)28-14-5-4-9-22(28)23(30)26-19-10-12-20(13-11-19)29-18(3)15-17(2)27-29/h6-8,10-13,15,22H,4-5,9,14H2,1-3H3,(H,26,30)/t22-/m1/s1. The number of carbonyl (C=O) groups is 2. The summed E-state index contributed by atoms with van der Waals surface area (Å²) in [6.07, 6.45) is 2.45. The number of likely N-dealkylation sites (tertiary alicyclic amines) is 1. The molecule has 1 N–H and O–H groups in total. The first-order valence-corrected chi connectivity index (χ1v) is 10.6. The summed E-state index contributed by atoms with van der Waals surface area (Å²) in [5, 5.41) is 7.46. The molecule has 2 amide bonds. The second-order valence-electron chi connectivity index (χ2n) is 8.05. The average molecular weight is 418 g/mol. The van der Waals surface area contributed by atoms with E-state index in [1.165, 1.54) is 0 Å². The molecule has 3 heterocycles. The summed E-state index contributed by atoms with van der Waals surface area (Å²) in [5.41, 5.74) is 4.81. The maximum Gasteiger partial charge on any atom is 0.273 e. The Labute approximate surface area is 182 Å². The number of piperidine rings is 1. The molecule has 3 aromatic rings. The minimum Gasteiger partial charge on any atom is -0.325 e. The van der Waals surface area contributed by atoms with Crippen LogP contribution in [0.1, 0.15) is 46.8 Å². The molecule has 1 aliphatic rings. The monoisotopic (exact) mass is 417 g/mol. The van der Waals surface area contributed by atoms with Crippen LogP contribution in [0.25, 0.3) is 5.69 Å². The highest BCUT2D eigenvalue weighted by molar-refractivity contribution is 6.00. The van der Waals surface area contributed by atoms with Crippen molar-refractivity contribution in [2.75, 3.05) is 11.9 Å². The van der Waals surface area contributed by atoms with Crippen molar-refractivity contribution in [3.8, 4) is 5.69 Å². The number of rotatable bonds is 4. The van der Waals surface area contributed by atoms with Gasteiger partial charge in [0.05, 0.1) is 11.4 Å². The highest BCUT2D eigenvalue weighted by Crippen LogP contribution is 2.22. The van der Waals surface area contributed by atoms with Gasteiger partial charge in [-0.25, -0.2) is 9.67 Å². The number of nitrogens with zero attached hydrogens (tertiary/aromatic N) is 4. The Morgan fingerprint density at radius 3 is 2.45 bits per heavy atom. The lowest BCUT2D eigenvalue weighted by molar-refractivity contribution is -0.121. The summed E-state index contributed by atoms with van der Waals surface area (Å²) in [6.45, 7) is 6.38. The van der Waals surface area contributed by atoms with Gasteiger partial charge in [0, 0.05) is 23.6 Å². The van der Waals surface area contributed by atoms with Crippen LogP contribution in [-0.2, 0) is 4.79 Å². The van der Waals surface area contributed by atoms with E-state index in [1.54, 1.807) is 11.0 Å². The minimum atomic E-state index is -0.501. The molecule has 0 unspecified atom stereocenters. The maximum atomic E-state index is 13.1. The molecule has 1 aliphatic heterocycles. The van der Waals surface area contributed by atoms with Gasteiger partial charge < -0.3 is 10.2 Å². The summed E-state index contributed by atoms with van der Waals surface area (Å²) >= 11 is 0. The van der Waals surface area contributed by atoms with E-state index in [2.05, 4.69) is 15.4 Å². The van der Waals surface area contributed by atoms with Crippen molar-refractivity contribution in [2.24, 2.45) is 0 Å². The van der Waals surface area contributed by atoms with E-state index < -0.39 is 6.04 Å². The van der Waals surface area contributed by atoms with E-state index in [0.29, 0.717) is 24.3 Å². The van der Waals surface area contributed by atoms with E-state index in [9.17, 15) is 9.59 Å². The number of pyridine rings is 1. The first-order valence-electron chi connectivity index (χ1n) is 10.6. The zero-order valence-corrected chi connectivity index (χ0v) is 18.1. The Bertz CT molecular complexity index is 1100. The third-order valence-electron chi connectivity index (χ3n) is 5.56. The smallest absolute Gasteiger partial charge is 0.273 e. The van der Waals surface area contributed by atoms with E-state index in [0.717, 1.165) is 35.6 Å². The highest BCUT2D eigenvalue weighted by atomic mass is 16.2. The van der Waals surface area contributed by atoms with Crippen molar-refractivity contribution in [1.29, 1.82) is 0 Å². The van der Waals surface area contributed by atoms with E-state index in [1.807, 2.05) is 67.9 Å². The molecule has 0 bridgehead atoms. The lowest BCUT2D eigenvalue weighted by Crippen LogP contribution is -2.50. The molecule has 160 valence electrons. The molecule has 1 atom stereocenters. The van der Waals surface area contributed by atoms with Crippen LogP contribution in [0.4, 0.5) is 5.69 Å². The summed E-state index contributed by atoms with van der Waals surface area (Å²) < 4.78 is 1.87. The fourth-order valence-electron chi connectivity index (χ4n) is 4.06. The number of hydrogen-bond donors (Lipinski definition) is 1. The molecule has 0 radical (unpaired) electrons. The summed E-state index contributed by atoms with van der Waals surface area (Å²) in [4.78, 5) is 32.1. The molecule has 0 saturated carbocycles. The molecule has 1 fully saturated rings. The fraction of sp³-hybridized carbons (Fsp3) is 0.333. The molecular formula is C24H27N5O2. The molecule has 4 rings (SSSR count). The van der Waals surface area contributed by atoms with Crippen LogP contribution in [0.15, 0.2) is 48.5 Å².